The third-order valence-electron chi connectivity index (χ3n) is 4.34. The van der Waals surface area contributed by atoms with Gasteiger partial charge in [0.2, 0.25) is 15.9 Å². The minimum Gasteiger partial charge on any atom is -0.324 e. The van der Waals surface area contributed by atoms with Crippen molar-refractivity contribution in [2.45, 2.75) is 33.2 Å². The molecule has 0 radical (unpaired) electrons. The topological polar surface area (TPSA) is 66.5 Å². The monoisotopic (exact) mass is 428 g/mol. The fraction of sp³-hybridized carbons (Fsp3) is 0.316. The maximum absolute atomic E-state index is 13.0. The molecule has 0 fully saturated rings. The van der Waals surface area contributed by atoms with Gasteiger partial charge in [-0.2, -0.15) is 0 Å². The molecule has 1 amide bonds. The van der Waals surface area contributed by atoms with Crippen LogP contribution in [-0.2, 0) is 14.8 Å². The van der Waals surface area contributed by atoms with Gasteiger partial charge in [0.25, 0.3) is 0 Å². The van der Waals surface area contributed by atoms with Crippen molar-refractivity contribution in [1.82, 2.24) is 0 Å². The number of hydrogen-bond acceptors (Lipinski definition) is 3. The summed E-state index contributed by atoms with van der Waals surface area (Å²) in [4.78, 5) is 13.0. The number of amides is 1. The van der Waals surface area contributed by atoms with Gasteiger partial charge in [-0.3, -0.25) is 9.10 Å². The minimum atomic E-state index is -3.79. The summed E-state index contributed by atoms with van der Waals surface area (Å²) in [6.45, 7) is 5.58. The average Bonchev–Trinajstić information content (AvgIpc) is 2.58. The van der Waals surface area contributed by atoms with E-state index in [0.717, 1.165) is 21.7 Å². The Hall–Kier alpha value is -1.76. The first-order valence-electron chi connectivity index (χ1n) is 8.37. The van der Waals surface area contributed by atoms with E-state index in [4.69, 9.17) is 23.2 Å². The van der Waals surface area contributed by atoms with E-state index >= 15 is 0 Å². The van der Waals surface area contributed by atoms with Gasteiger partial charge in [0.1, 0.15) is 6.04 Å². The number of rotatable bonds is 6. The van der Waals surface area contributed by atoms with Gasteiger partial charge in [-0.15, -0.1) is 0 Å². The Morgan fingerprint density at radius 1 is 1.19 bits per heavy atom. The second-order valence-electron chi connectivity index (χ2n) is 6.32. The van der Waals surface area contributed by atoms with Gasteiger partial charge in [0, 0.05) is 10.7 Å². The molecule has 0 heterocycles. The van der Waals surface area contributed by atoms with Crippen molar-refractivity contribution in [3.8, 4) is 0 Å². The molecule has 0 saturated heterocycles. The molecule has 0 aliphatic rings. The molecule has 0 aliphatic heterocycles. The third-order valence-corrected chi connectivity index (χ3v) is 6.06. The molecule has 1 N–H and O–H groups in total. The van der Waals surface area contributed by atoms with Crippen LogP contribution in [0.4, 0.5) is 11.4 Å². The quantitative estimate of drug-likeness (QED) is 0.718. The molecular formula is C19H22Cl2N2O3S. The number of anilines is 2. The average molecular weight is 429 g/mol. The maximum Gasteiger partial charge on any atom is 0.248 e. The third kappa shape index (κ3) is 4.94. The minimum absolute atomic E-state index is 0.176. The van der Waals surface area contributed by atoms with Gasteiger partial charge in [0.05, 0.1) is 17.0 Å². The highest BCUT2D eigenvalue weighted by atomic mass is 35.5. The zero-order valence-corrected chi connectivity index (χ0v) is 17.9. The summed E-state index contributed by atoms with van der Waals surface area (Å²) in [5, 5.41) is 3.36. The lowest BCUT2D eigenvalue weighted by atomic mass is 10.1. The van der Waals surface area contributed by atoms with E-state index in [1.54, 1.807) is 19.1 Å². The van der Waals surface area contributed by atoms with Gasteiger partial charge in [-0.1, -0.05) is 42.3 Å². The Balaban J connectivity index is 2.48. The van der Waals surface area contributed by atoms with Crippen LogP contribution in [0.25, 0.3) is 0 Å². The number of nitrogens with one attached hydrogen (secondary N) is 1. The zero-order valence-electron chi connectivity index (χ0n) is 15.6. The van der Waals surface area contributed by atoms with Crippen molar-refractivity contribution in [1.29, 1.82) is 0 Å². The summed E-state index contributed by atoms with van der Waals surface area (Å²) >= 11 is 12.2. The highest BCUT2D eigenvalue weighted by molar-refractivity contribution is 7.92. The van der Waals surface area contributed by atoms with Gasteiger partial charge in [-0.05, 0) is 55.7 Å². The highest BCUT2D eigenvalue weighted by Gasteiger charge is 2.33. The normalized spacial score (nSPS) is 12.5. The smallest absolute Gasteiger partial charge is 0.248 e. The molecular weight excluding hydrogens is 407 g/mol. The molecule has 0 bridgehead atoms. The van der Waals surface area contributed by atoms with Crippen LogP contribution in [0.1, 0.15) is 24.5 Å². The van der Waals surface area contributed by atoms with Crippen LogP contribution >= 0.6 is 23.2 Å². The van der Waals surface area contributed by atoms with Crippen LogP contribution in [-0.4, -0.2) is 26.6 Å². The summed E-state index contributed by atoms with van der Waals surface area (Å²) < 4.78 is 26.1. The lowest BCUT2D eigenvalue weighted by Gasteiger charge is -2.31. The Kier molecular flexibility index (Phi) is 6.78. The number of sulfonamides is 1. The van der Waals surface area contributed by atoms with Gasteiger partial charge in [-0.25, -0.2) is 8.42 Å². The summed E-state index contributed by atoms with van der Waals surface area (Å²) in [6.07, 6.45) is 1.30. The molecule has 0 aromatic heterocycles. The number of hydrogen-bond donors (Lipinski definition) is 1. The lowest BCUT2D eigenvalue weighted by molar-refractivity contribution is -0.117. The number of halogens is 2. The first kappa shape index (κ1) is 21.5. The van der Waals surface area contributed by atoms with Crippen LogP contribution in [0, 0.1) is 13.8 Å². The summed E-state index contributed by atoms with van der Waals surface area (Å²) in [6, 6.07) is 9.09. The van der Waals surface area contributed by atoms with Gasteiger partial charge in [0.15, 0.2) is 0 Å². The maximum atomic E-state index is 13.0. The van der Waals surface area contributed by atoms with E-state index in [1.807, 2.05) is 26.0 Å². The summed E-state index contributed by atoms with van der Waals surface area (Å²) in [7, 11) is -3.79. The molecule has 27 heavy (non-hydrogen) atoms. The fourth-order valence-electron chi connectivity index (χ4n) is 2.79. The Morgan fingerprint density at radius 3 is 2.44 bits per heavy atom. The van der Waals surface area contributed by atoms with Crippen LogP contribution in [0.5, 0.6) is 0 Å². The zero-order chi connectivity index (χ0) is 20.4. The van der Waals surface area contributed by atoms with Crippen molar-refractivity contribution in [3.05, 3.63) is 57.6 Å². The molecule has 0 saturated carbocycles. The van der Waals surface area contributed by atoms with E-state index < -0.39 is 22.0 Å². The number of aryl methyl sites for hydroxylation is 1. The first-order valence-corrected chi connectivity index (χ1v) is 11.0. The number of benzene rings is 2. The highest BCUT2D eigenvalue weighted by Crippen LogP contribution is 2.33. The Bertz CT molecular complexity index is 961. The second kappa shape index (κ2) is 8.50. The number of carbonyl (C=O) groups excluding carboxylic acids is 1. The largest absolute Gasteiger partial charge is 0.324 e. The summed E-state index contributed by atoms with van der Waals surface area (Å²) in [5.74, 6) is -0.437. The lowest BCUT2D eigenvalue weighted by Crippen LogP contribution is -2.47. The molecule has 2 rings (SSSR count). The predicted molar refractivity (Wildman–Crippen MR) is 112 cm³/mol. The van der Waals surface area contributed by atoms with Crippen LogP contribution in [0.15, 0.2) is 36.4 Å². The van der Waals surface area contributed by atoms with E-state index in [-0.39, 0.29) is 17.1 Å². The number of carbonyl (C=O) groups is 1. The van der Waals surface area contributed by atoms with Crippen LogP contribution < -0.4 is 9.62 Å². The molecule has 146 valence electrons. The fourth-order valence-corrected chi connectivity index (χ4v) is 4.43. The van der Waals surface area contributed by atoms with Gasteiger partial charge >= 0.3 is 0 Å². The Labute approximate surface area is 170 Å². The first-order chi connectivity index (χ1) is 12.6. The van der Waals surface area contributed by atoms with Crippen molar-refractivity contribution in [2.75, 3.05) is 15.9 Å². The SMILES string of the molecule is CC[C@H](C(=O)Nc1cccc(C)c1C)N(c1cc(Cl)ccc1Cl)S(C)(=O)=O. The van der Waals surface area contributed by atoms with E-state index in [0.29, 0.717) is 10.7 Å². The van der Waals surface area contributed by atoms with Crippen molar-refractivity contribution >= 4 is 50.5 Å². The molecule has 0 aliphatic carbocycles. The Morgan fingerprint density at radius 2 is 1.85 bits per heavy atom. The molecule has 0 unspecified atom stereocenters. The predicted octanol–water partition coefficient (Wildman–Crippen LogP) is 4.79. The van der Waals surface area contributed by atoms with Gasteiger partial charge < -0.3 is 5.32 Å². The summed E-state index contributed by atoms with van der Waals surface area (Å²) in [5.41, 5.74) is 2.77. The molecule has 2 aromatic carbocycles. The van der Waals surface area contributed by atoms with Crippen molar-refractivity contribution in [2.24, 2.45) is 0 Å². The second-order valence-corrected chi connectivity index (χ2v) is 9.02. The standard InChI is InChI=1S/C19H22Cl2N2O3S/c1-5-17(19(24)22-16-8-6-7-12(2)13(16)3)23(27(4,25)26)18-11-14(20)9-10-15(18)21/h6-11,17H,5H2,1-4H3,(H,22,24)/t17-/m1/s1. The van der Waals surface area contributed by atoms with Crippen LogP contribution in [0.2, 0.25) is 10.0 Å². The van der Waals surface area contributed by atoms with Crippen molar-refractivity contribution < 1.29 is 13.2 Å². The molecule has 2 aromatic rings. The molecule has 0 spiro atoms. The van der Waals surface area contributed by atoms with E-state index in [2.05, 4.69) is 5.32 Å². The van der Waals surface area contributed by atoms with E-state index in [9.17, 15) is 13.2 Å². The molecule has 5 nitrogen and oxygen atoms in total. The molecule has 8 heteroatoms. The van der Waals surface area contributed by atoms with E-state index in [1.165, 1.54) is 12.1 Å². The number of nitrogens with zero attached hydrogens (tertiary/aromatic N) is 1. The molecule has 1 atom stereocenters. The van der Waals surface area contributed by atoms with Crippen LogP contribution in [0.3, 0.4) is 0 Å². The van der Waals surface area contributed by atoms with Crippen molar-refractivity contribution in [3.63, 3.8) is 0 Å².